The van der Waals surface area contributed by atoms with E-state index in [1.807, 2.05) is 18.2 Å². The van der Waals surface area contributed by atoms with E-state index in [1.165, 1.54) is 23.6 Å². The summed E-state index contributed by atoms with van der Waals surface area (Å²) in [6.07, 6.45) is 1.61. The quantitative estimate of drug-likeness (QED) is 0.710. The van der Waals surface area contributed by atoms with Crippen LogP contribution in [-0.4, -0.2) is 52.5 Å². The number of nitrogens with zero attached hydrogens (tertiary/aromatic N) is 2. The Hall–Kier alpha value is -2.15. The second-order valence-electron chi connectivity index (χ2n) is 5.90. The van der Waals surface area contributed by atoms with Gasteiger partial charge in [-0.3, -0.25) is 24.1 Å². The molecule has 3 rings (SSSR count). The molecule has 0 spiro atoms. The van der Waals surface area contributed by atoms with Crippen molar-refractivity contribution in [1.29, 1.82) is 0 Å². The fourth-order valence-electron chi connectivity index (χ4n) is 3.09. The minimum atomic E-state index is -0.905. The number of ketones is 1. The number of anilines is 1. The van der Waals surface area contributed by atoms with E-state index in [0.717, 1.165) is 23.3 Å². The second kappa shape index (κ2) is 6.76. The first-order valence-electron chi connectivity index (χ1n) is 7.84. The molecular formula is C17H18N2O4S. The Morgan fingerprint density at radius 3 is 2.67 bits per heavy atom. The smallest absolute Gasteiger partial charge is 0.304 e. The first-order chi connectivity index (χ1) is 11.5. The number of fused-ring (bicyclic) bond motifs is 1. The number of Topliss-reactive ketones (excluding diaryl/α,β-unsaturated/α-hetero) is 1. The summed E-state index contributed by atoms with van der Waals surface area (Å²) in [5.74, 6) is -1.95. The molecule has 1 unspecified atom stereocenters. The van der Waals surface area contributed by atoms with Gasteiger partial charge in [0, 0.05) is 18.0 Å². The van der Waals surface area contributed by atoms with Gasteiger partial charge in [-0.2, -0.15) is 0 Å². The predicted molar refractivity (Wildman–Crippen MR) is 90.8 cm³/mol. The molecule has 126 valence electrons. The summed E-state index contributed by atoms with van der Waals surface area (Å²) in [6.45, 7) is 1.77. The molecule has 1 saturated heterocycles. The summed E-state index contributed by atoms with van der Waals surface area (Å²) in [4.78, 5) is 51.6. The van der Waals surface area contributed by atoms with Crippen LogP contribution in [0.4, 0.5) is 5.69 Å². The molecule has 2 heterocycles. The molecule has 0 aromatic heterocycles. The summed E-state index contributed by atoms with van der Waals surface area (Å²) in [5, 5.41) is 0. The van der Waals surface area contributed by atoms with Crippen molar-refractivity contribution >= 4 is 41.0 Å². The number of rotatable bonds is 1. The van der Waals surface area contributed by atoms with Crippen molar-refractivity contribution in [2.75, 3.05) is 23.0 Å². The van der Waals surface area contributed by atoms with Crippen LogP contribution in [0.3, 0.4) is 0 Å². The molecule has 1 atom stereocenters. The van der Waals surface area contributed by atoms with Crippen LogP contribution in [-0.2, 0) is 25.6 Å². The number of thioether (sulfide) groups is 1. The normalized spacial score (nSPS) is 20.5. The van der Waals surface area contributed by atoms with Gasteiger partial charge < -0.3 is 4.90 Å². The zero-order valence-corrected chi connectivity index (χ0v) is 14.2. The molecule has 0 bridgehead atoms. The zero-order chi connectivity index (χ0) is 17.3. The van der Waals surface area contributed by atoms with E-state index in [9.17, 15) is 19.2 Å². The summed E-state index contributed by atoms with van der Waals surface area (Å²) in [5.41, 5.74) is 1.72. The van der Waals surface area contributed by atoms with Crippen LogP contribution >= 0.6 is 11.8 Å². The van der Waals surface area contributed by atoms with E-state index in [0.29, 0.717) is 18.0 Å². The number of carbonyl (C=O) groups excluding carboxylic acids is 4. The molecule has 6 nitrogen and oxygen atoms in total. The van der Waals surface area contributed by atoms with Gasteiger partial charge in [0.1, 0.15) is 6.04 Å². The topological polar surface area (TPSA) is 74.8 Å². The average molecular weight is 346 g/mol. The lowest BCUT2D eigenvalue weighted by molar-refractivity contribution is -0.154. The molecule has 24 heavy (non-hydrogen) atoms. The van der Waals surface area contributed by atoms with Gasteiger partial charge in [-0.25, -0.2) is 0 Å². The van der Waals surface area contributed by atoms with Crippen molar-refractivity contribution in [3.8, 4) is 0 Å². The molecule has 0 N–H and O–H groups in total. The maximum Gasteiger partial charge on any atom is 0.319 e. The monoisotopic (exact) mass is 346 g/mol. The van der Waals surface area contributed by atoms with Crippen molar-refractivity contribution < 1.29 is 19.2 Å². The van der Waals surface area contributed by atoms with Gasteiger partial charge in [0.05, 0.1) is 5.75 Å². The molecule has 0 aliphatic carbocycles. The molecule has 1 fully saturated rings. The van der Waals surface area contributed by atoms with Crippen molar-refractivity contribution in [1.82, 2.24) is 4.90 Å². The van der Waals surface area contributed by atoms with E-state index in [1.54, 1.807) is 6.07 Å². The molecule has 0 radical (unpaired) electrons. The van der Waals surface area contributed by atoms with Gasteiger partial charge in [-0.05, 0) is 31.4 Å². The SMILES string of the molecule is CC(=O)C1CSCC(=O)N1C(=O)C(=O)N1CCCc2ccccc21. The Labute approximate surface area is 144 Å². The van der Waals surface area contributed by atoms with E-state index in [-0.39, 0.29) is 11.5 Å². The van der Waals surface area contributed by atoms with Crippen molar-refractivity contribution in [3.05, 3.63) is 29.8 Å². The third kappa shape index (κ3) is 2.96. The van der Waals surface area contributed by atoms with Crippen LogP contribution in [0.2, 0.25) is 0 Å². The molecule has 2 aliphatic rings. The molecule has 1 aromatic carbocycles. The lowest BCUT2D eigenvalue weighted by atomic mass is 10.0. The highest BCUT2D eigenvalue weighted by Gasteiger charge is 2.41. The number of benzene rings is 1. The van der Waals surface area contributed by atoms with Gasteiger partial charge in [-0.15, -0.1) is 11.8 Å². The number of imide groups is 1. The lowest BCUT2D eigenvalue weighted by Gasteiger charge is -2.34. The third-order valence-corrected chi connectivity index (χ3v) is 5.31. The highest BCUT2D eigenvalue weighted by Crippen LogP contribution is 2.28. The van der Waals surface area contributed by atoms with Crippen LogP contribution in [0.25, 0.3) is 0 Å². The van der Waals surface area contributed by atoms with Crippen LogP contribution in [0.5, 0.6) is 0 Å². The average Bonchev–Trinajstić information content (AvgIpc) is 2.59. The highest BCUT2D eigenvalue weighted by atomic mass is 32.2. The van der Waals surface area contributed by atoms with Gasteiger partial charge >= 0.3 is 11.8 Å². The van der Waals surface area contributed by atoms with E-state index >= 15 is 0 Å². The van der Waals surface area contributed by atoms with Gasteiger partial charge in [0.2, 0.25) is 5.91 Å². The van der Waals surface area contributed by atoms with Crippen LogP contribution in [0.1, 0.15) is 18.9 Å². The standard InChI is InChI=1S/C17H18N2O4S/c1-11(20)14-9-24-10-15(21)19(14)17(23)16(22)18-8-4-6-12-5-2-3-7-13(12)18/h2-3,5,7,14H,4,6,8-10H2,1H3. The van der Waals surface area contributed by atoms with Crippen LogP contribution in [0, 0.1) is 0 Å². The Morgan fingerprint density at radius 2 is 1.92 bits per heavy atom. The van der Waals surface area contributed by atoms with Gasteiger partial charge in [-0.1, -0.05) is 18.2 Å². The summed E-state index contributed by atoms with van der Waals surface area (Å²) < 4.78 is 0. The minimum Gasteiger partial charge on any atom is -0.304 e. The molecule has 7 heteroatoms. The Kier molecular flexibility index (Phi) is 4.71. The number of carbonyl (C=O) groups is 4. The van der Waals surface area contributed by atoms with Crippen LogP contribution < -0.4 is 4.90 Å². The molecule has 0 saturated carbocycles. The maximum atomic E-state index is 12.7. The first-order valence-corrected chi connectivity index (χ1v) is 9.00. The largest absolute Gasteiger partial charge is 0.319 e. The number of hydrogen-bond acceptors (Lipinski definition) is 5. The van der Waals surface area contributed by atoms with E-state index < -0.39 is 23.8 Å². The molecular weight excluding hydrogens is 328 g/mol. The summed E-state index contributed by atoms with van der Waals surface area (Å²) >= 11 is 1.31. The Morgan fingerprint density at radius 1 is 1.17 bits per heavy atom. The third-order valence-electron chi connectivity index (χ3n) is 4.31. The van der Waals surface area contributed by atoms with Crippen molar-refractivity contribution in [2.45, 2.75) is 25.8 Å². The summed E-state index contributed by atoms with van der Waals surface area (Å²) in [6, 6.07) is 6.59. The van der Waals surface area contributed by atoms with E-state index in [4.69, 9.17) is 0 Å². The Bertz CT molecular complexity index is 718. The maximum absolute atomic E-state index is 12.7. The highest BCUT2D eigenvalue weighted by molar-refractivity contribution is 8.00. The van der Waals surface area contributed by atoms with Gasteiger partial charge in [0.15, 0.2) is 5.78 Å². The Balaban J connectivity index is 1.88. The molecule has 1 aromatic rings. The first kappa shape index (κ1) is 16.7. The lowest BCUT2D eigenvalue weighted by Crippen LogP contribution is -2.57. The zero-order valence-electron chi connectivity index (χ0n) is 13.4. The van der Waals surface area contributed by atoms with E-state index in [2.05, 4.69) is 0 Å². The van der Waals surface area contributed by atoms with Crippen molar-refractivity contribution in [2.24, 2.45) is 0 Å². The number of aryl methyl sites for hydroxylation is 1. The molecule has 2 aliphatic heterocycles. The second-order valence-corrected chi connectivity index (χ2v) is 6.93. The fourth-order valence-corrected chi connectivity index (χ4v) is 4.13. The summed E-state index contributed by atoms with van der Waals surface area (Å²) in [7, 11) is 0. The number of hydrogen-bond donors (Lipinski definition) is 0. The fraction of sp³-hybridized carbons (Fsp3) is 0.412. The number of para-hydroxylation sites is 1. The van der Waals surface area contributed by atoms with Gasteiger partial charge in [0.25, 0.3) is 0 Å². The minimum absolute atomic E-state index is 0.111. The number of amides is 3. The van der Waals surface area contributed by atoms with Crippen LogP contribution in [0.15, 0.2) is 24.3 Å². The van der Waals surface area contributed by atoms with Crippen molar-refractivity contribution in [3.63, 3.8) is 0 Å². The molecule has 3 amide bonds. The predicted octanol–water partition coefficient (Wildman–Crippen LogP) is 1.03.